The Morgan fingerprint density at radius 3 is 3.10 bits per heavy atom. The number of hydrogen-bond donors (Lipinski definition) is 1. The monoisotopic (exact) mass is 202 g/mol. The first-order valence-corrected chi connectivity index (χ1v) is 4.05. The molecule has 1 aromatic rings. The van der Waals surface area contributed by atoms with Crippen molar-refractivity contribution in [3.63, 3.8) is 0 Å². The number of nitrogens with zero attached hydrogens (tertiary/aromatic N) is 1. The fourth-order valence-electron chi connectivity index (χ4n) is 0.628. The molecule has 0 aromatic carbocycles. The van der Waals surface area contributed by atoms with Crippen molar-refractivity contribution in [2.24, 2.45) is 0 Å². The number of H-pyrrole nitrogens is 1. The number of alkyl halides is 1. The SMILES string of the molecule is O=c1ccnc(CCBr)[nH]1. The summed E-state index contributed by atoms with van der Waals surface area (Å²) >= 11 is 3.25. The van der Waals surface area contributed by atoms with Gasteiger partial charge in [0.15, 0.2) is 0 Å². The lowest BCUT2D eigenvalue weighted by Crippen LogP contribution is -2.08. The van der Waals surface area contributed by atoms with Crippen molar-refractivity contribution in [2.75, 3.05) is 5.33 Å². The highest BCUT2D eigenvalue weighted by Gasteiger charge is 1.90. The summed E-state index contributed by atoms with van der Waals surface area (Å²) in [5.41, 5.74) is -0.0917. The number of nitrogens with one attached hydrogen (secondary N) is 1. The second-order valence-electron chi connectivity index (χ2n) is 1.82. The van der Waals surface area contributed by atoms with Gasteiger partial charge in [-0.3, -0.25) is 4.79 Å². The Bertz CT molecular complexity index is 258. The van der Waals surface area contributed by atoms with Crippen LogP contribution in [0.3, 0.4) is 0 Å². The normalized spacial score (nSPS) is 9.70. The van der Waals surface area contributed by atoms with Crippen LogP contribution in [0.15, 0.2) is 17.1 Å². The van der Waals surface area contributed by atoms with Crippen LogP contribution in [0.1, 0.15) is 5.82 Å². The summed E-state index contributed by atoms with van der Waals surface area (Å²) in [6.45, 7) is 0. The molecule has 10 heavy (non-hydrogen) atoms. The van der Waals surface area contributed by atoms with Crippen LogP contribution in [0.5, 0.6) is 0 Å². The third-order valence-electron chi connectivity index (χ3n) is 1.06. The highest BCUT2D eigenvalue weighted by atomic mass is 79.9. The van der Waals surface area contributed by atoms with Crippen molar-refractivity contribution in [2.45, 2.75) is 6.42 Å². The van der Waals surface area contributed by atoms with Crippen molar-refractivity contribution in [1.29, 1.82) is 0 Å². The summed E-state index contributed by atoms with van der Waals surface area (Å²) in [5, 5.41) is 0.819. The fraction of sp³-hybridized carbons (Fsp3) is 0.333. The summed E-state index contributed by atoms with van der Waals surface area (Å²) in [6, 6.07) is 1.40. The molecule has 3 nitrogen and oxygen atoms in total. The molecule has 4 heteroatoms. The van der Waals surface area contributed by atoms with E-state index < -0.39 is 0 Å². The van der Waals surface area contributed by atoms with Gasteiger partial charge in [-0.15, -0.1) is 0 Å². The molecule has 0 bridgehead atoms. The lowest BCUT2D eigenvalue weighted by Gasteiger charge is -1.92. The lowest BCUT2D eigenvalue weighted by molar-refractivity contribution is 0.931. The molecule has 0 aliphatic carbocycles. The van der Waals surface area contributed by atoms with Gasteiger partial charge in [0, 0.05) is 24.0 Å². The average molecular weight is 203 g/mol. The third-order valence-corrected chi connectivity index (χ3v) is 1.45. The van der Waals surface area contributed by atoms with Gasteiger partial charge in [0.2, 0.25) is 0 Å². The molecule has 0 amide bonds. The van der Waals surface area contributed by atoms with Crippen LogP contribution in [0, 0.1) is 0 Å². The largest absolute Gasteiger partial charge is 0.311 e. The lowest BCUT2D eigenvalue weighted by atomic mass is 10.4. The Morgan fingerprint density at radius 2 is 2.50 bits per heavy atom. The van der Waals surface area contributed by atoms with E-state index in [4.69, 9.17) is 0 Å². The maximum atomic E-state index is 10.7. The fourth-order valence-corrected chi connectivity index (χ4v) is 1.00. The quantitative estimate of drug-likeness (QED) is 0.719. The molecule has 0 radical (unpaired) electrons. The number of halogens is 1. The van der Waals surface area contributed by atoms with Crippen LogP contribution in [0.25, 0.3) is 0 Å². The number of aryl methyl sites for hydroxylation is 1. The van der Waals surface area contributed by atoms with Crippen molar-refractivity contribution >= 4 is 15.9 Å². The second-order valence-corrected chi connectivity index (χ2v) is 2.61. The number of aromatic nitrogens is 2. The van der Waals surface area contributed by atoms with Gasteiger partial charge in [-0.2, -0.15) is 0 Å². The highest BCUT2D eigenvalue weighted by molar-refractivity contribution is 9.09. The molecule has 1 N–H and O–H groups in total. The minimum absolute atomic E-state index is 0.0917. The first kappa shape index (κ1) is 7.47. The van der Waals surface area contributed by atoms with E-state index in [1.807, 2.05) is 0 Å². The molecule has 1 heterocycles. The van der Waals surface area contributed by atoms with E-state index in [1.54, 1.807) is 0 Å². The van der Waals surface area contributed by atoms with Gasteiger partial charge in [-0.1, -0.05) is 15.9 Å². The molecule has 0 saturated carbocycles. The predicted molar refractivity (Wildman–Crippen MR) is 42.4 cm³/mol. The van der Waals surface area contributed by atoms with Gasteiger partial charge in [0.05, 0.1) is 0 Å². The molecule has 54 valence electrons. The Labute approximate surface area is 66.6 Å². The molecule has 0 saturated heterocycles. The minimum Gasteiger partial charge on any atom is -0.311 e. The molecule has 0 atom stereocenters. The Morgan fingerprint density at radius 1 is 1.70 bits per heavy atom. The summed E-state index contributed by atoms with van der Waals surface area (Å²) in [4.78, 5) is 17.2. The standard InChI is InChI=1S/C6H7BrN2O/c7-3-1-5-8-4-2-6(10)9-5/h2,4H,1,3H2,(H,8,9,10). The van der Waals surface area contributed by atoms with E-state index in [9.17, 15) is 4.79 Å². The molecule has 0 spiro atoms. The number of aromatic amines is 1. The zero-order valence-electron chi connectivity index (χ0n) is 5.30. The van der Waals surface area contributed by atoms with E-state index in [0.29, 0.717) is 0 Å². The first-order chi connectivity index (χ1) is 4.83. The van der Waals surface area contributed by atoms with Crippen LogP contribution in [0.2, 0.25) is 0 Å². The summed E-state index contributed by atoms with van der Waals surface area (Å²) in [6.07, 6.45) is 2.27. The van der Waals surface area contributed by atoms with Gasteiger partial charge in [-0.25, -0.2) is 4.98 Å². The van der Waals surface area contributed by atoms with Gasteiger partial charge in [-0.05, 0) is 0 Å². The zero-order chi connectivity index (χ0) is 7.40. The summed E-state index contributed by atoms with van der Waals surface area (Å²) < 4.78 is 0. The molecule has 1 rings (SSSR count). The smallest absolute Gasteiger partial charge is 0.250 e. The van der Waals surface area contributed by atoms with Crippen LogP contribution >= 0.6 is 15.9 Å². The number of hydrogen-bond acceptors (Lipinski definition) is 2. The Balaban J connectivity index is 2.85. The summed E-state index contributed by atoms with van der Waals surface area (Å²) in [7, 11) is 0. The maximum Gasteiger partial charge on any atom is 0.250 e. The zero-order valence-corrected chi connectivity index (χ0v) is 6.89. The van der Waals surface area contributed by atoms with Gasteiger partial charge in [0.1, 0.15) is 5.82 Å². The van der Waals surface area contributed by atoms with E-state index >= 15 is 0 Å². The second kappa shape index (κ2) is 3.51. The van der Waals surface area contributed by atoms with Gasteiger partial charge in [0.25, 0.3) is 5.56 Å². The third kappa shape index (κ3) is 1.95. The van der Waals surface area contributed by atoms with Crippen molar-refractivity contribution in [3.8, 4) is 0 Å². The minimum atomic E-state index is -0.0917. The van der Waals surface area contributed by atoms with E-state index in [2.05, 4.69) is 25.9 Å². The Kier molecular flexibility index (Phi) is 2.62. The van der Waals surface area contributed by atoms with Crippen LogP contribution in [-0.4, -0.2) is 15.3 Å². The molecule has 0 aliphatic heterocycles. The van der Waals surface area contributed by atoms with Gasteiger partial charge >= 0.3 is 0 Å². The van der Waals surface area contributed by atoms with E-state index in [-0.39, 0.29) is 5.56 Å². The predicted octanol–water partition coefficient (Wildman–Crippen LogP) is 0.707. The molecular formula is C6H7BrN2O. The molecule has 0 unspecified atom stereocenters. The van der Waals surface area contributed by atoms with Crippen LogP contribution in [-0.2, 0) is 6.42 Å². The summed E-state index contributed by atoms with van der Waals surface area (Å²) in [5.74, 6) is 0.726. The van der Waals surface area contributed by atoms with Gasteiger partial charge < -0.3 is 4.98 Å². The van der Waals surface area contributed by atoms with E-state index in [0.717, 1.165) is 17.6 Å². The van der Waals surface area contributed by atoms with E-state index in [1.165, 1.54) is 12.3 Å². The van der Waals surface area contributed by atoms with Crippen LogP contribution < -0.4 is 5.56 Å². The molecule has 0 aliphatic rings. The average Bonchev–Trinajstić information content (AvgIpc) is 1.88. The van der Waals surface area contributed by atoms with Crippen molar-refractivity contribution in [1.82, 2.24) is 9.97 Å². The number of rotatable bonds is 2. The molecule has 0 fully saturated rings. The first-order valence-electron chi connectivity index (χ1n) is 2.93. The molecule has 1 aromatic heterocycles. The maximum absolute atomic E-state index is 10.7. The topological polar surface area (TPSA) is 45.8 Å². The highest BCUT2D eigenvalue weighted by Crippen LogP contribution is 1.89. The van der Waals surface area contributed by atoms with Crippen molar-refractivity contribution in [3.05, 3.63) is 28.4 Å². The Hall–Kier alpha value is -0.640. The molecular weight excluding hydrogens is 196 g/mol. The van der Waals surface area contributed by atoms with Crippen molar-refractivity contribution < 1.29 is 0 Å². The van der Waals surface area contributed by atoms with Crippen LogP contribution in [0.4, 0.5) is 0 Å².